The standard InChI is InChI=1S/C12H16F2N2O/c1-8(15)3-2-6-16-12(17)10-7-9(13)4-5-11(10)14/h4-5,7-8H,2-3,6,15H2,1H3,(H,16,17). The predicted molar refractivity (Wildman–Crippen MR) is 61.6 cm³/mol. The van der Waals surface area contributed by atoms with Crippen molar-refractivity contribution in [2.75, 3.05) is 6.54 Å². The molecule has 0 bridgehead atoms. The van der Waals surface area contributed by atoms with E-state index in [2.05, 4.69) is 5.32 Å². The van der Waals surface area contributed by atoms with Crippen LogP contribution in [0.2, 0.25) is 0 Å². The number of carbonyl (C=O) groups excluding carboxylic acids is 1. The molecule has 0 aromatic heterocycles. The van der Waals surface area contributed by atoms with Gasteiger partial charge in [-0.05, 0) is 38.0 Å². The van der Waals surface area contributed by atoms with E-state index in [-0.39, 0.29) is 11.6 Å². The quantitative estimate of drug-likeness (QED) is 0.774. The topological polar surface area (TPSA) is 55.1 Å². The number of carbonyl (C=O) groups is 1. The van der Waals surface area contributed by atoms with Gasteiger partial charge in [0.05, 0.1) is 5.56 Å². The van der Waals surface area contributed by atoms with Crippen LogP contribution in [0.25, 0.3) is 0 Å². The Morgan fingerprint density at radius 1 is 1.47 bits per heavy atom. The smallest absolute Gasteiger partial charge is 0.254 e. The summed E-state index contributed by atoms with van der Waals surface area (Å²) in [6, 6.07) is 2.86. The van der Waals surface area contributed by atoms with Crippen LogP contribution in [0.15, 0.2) is 18.2 Å². The van der Waals surface area contributed by atoms with Crippen LogP contribution in [0.1, 0.15) is 30.1 Å². The largest absolute Gasteiger partial charge is 0.352 e. The van der Waals surface area contributed by atoms with E-state index in [1.54, 1.807) is 0 Å². The normalized spacial score (nSPS) is 12.2. The van der Waals surface area contributed by atoms with Gasteiger partial charge >= 0.3 is 0 Å². The fourth-order valence-electron chi connectivity index (χ4n) is 1.39. The Labute approximate surface area is 99.0 Å². The molecule has 1 aromatic rings. The highest BCUT2D eigenvalue weighted by molar-refractivity contribution is 5.94. The lowest BCUT2D eigenvalue weighted by atomic mass is 10.1. The first-order chi connectivity index (χ1) is 8.00. The minimum Gasteiger partial charge on any atom is -0.352 e. The van der Waals surface area contributed by atoms with Crippen LogP contribution in [-0.2, 0) is 0 Å². The fourth-order valence-corrected chi connectivity index (χ4v) is 1.39. The Bertz CT molecular complexity index is 394. The molecule has 0 aliphatic carbocycles. The maximum absolute atomic E-state index is 13.2. The predicted octanol–water partition coefficient (Wildman–Crippen LogP) is 1.82. The van der Waals surface area contributed by atoms with E-state index in [0.29, 0.717) is 13.0 Å². The summed E-state index contributed by atoms with van der Waals surface area (Å²) in [6.45, 7) is 2.27. The van der Waals surface area contributed by atoms with Crippen LogP contribution in [0.3, 0.4) is 0 Å². The Hall–Kier alpha value is -1.49. The van der Waals surface area contributed by atoms with Gasteiger partial charge in [-0.25, -0.2) is 8.78 Å². The molecule has 0 saturated heterocycles. The molecule has 3 N–H and O–H groups in total. The molecule has 0 fully saturated rings. The average Bonchev–Trinajstić information content (AvgIpc) is 2.27. The Morgan fingerprint density at radius 2 is 2.18 bits per heavy atom. The lowest BCUT2D eigenvalue weighted by Gasteiger charge is -2.07. The van der Waals surface area contributed by atoms with Gasteiger partial charge < -0.3 is 11.1 Å². The summed E-state index contributed by atoms with van der Waals surface area (Å²) in [7, 11) is 0. The molecule has 0 saturated carbocycles. The number of amides is 1. The number of hydrogen-bond acceptors (Lipinski definition) is 2. The molecule has 17 heavy (non-hydrogen) atoms. The van der Waals surface area contributed by atoms with Crippen LogP contribution in [0, 0.1) is 11.6 Å². The van der Waals surface area contributed by atoms with E-state index in [1.165, 1.54) is 0 Å². The summed E-state index contributed by atoms with van der Waals surface area (Å²) in [6.07, 6.45) is 1.48. The third-order valence-electron chi connectivity index (χ3n) is 2.29. The lowest BCUT2D eigenvalue weighted by molar-refractivity contribution is 0.0948. The highest BCUT2D eigenvalue weighted by atomic mass is 19.1. The second-order valence-electron chi connectivity index (χ2n) is 4.00. The van der Waals surface area contributed by atoms with Crippen LogP contribution < -0.4 is 11.1 Å². The molecule has 1 amide bonds. The van der Waals surface area contributed by atoms with Crippen LogP contribution >= 0.6 is 0 Å². The molecule has 1 aromatic carbocycles. The van der Waals surface area contributed by atoms with E-state index in [1.807, 2.05) is 6.92 Å². The molecular formula is C12H16F2N2O. The highest BCUT2D eigenvalue weighted by Gasteiger charge is 2.11. The van der Waals surface area contributed by atoms with Gasteiger partial charge in [-0.15, -0.1) is 0 Å². The fraction of sp³-hybridized carbons (Fsp3) is 0.417. The molecule has 5 heteroatoms. The molecule has 1 unspecified atom stereocenters. The number of hydrogen-bond donors (Lipinski definition) is 2. The van der Waals surface area contributed by atoms with E-state index in [9.17, 15) is 13.6 Å². The van der Waals surface area contributed by atoms with Crippen molar-refractivity contribution in [1.82, 2.24) is 5.32 Å². The monoisotopic (exact) mass is 242 g/mol. The molecule has 94 valence electrons. The summed E-state index contributed by atoms with van der Waals surface area (Å²) in [5, 5.41) is 2.52. The zero-order valence-corrected chi connectivity index (χ0v) is 9.67. The first-order valence-electron chi connectivity index (χ1n) is 5.49. The first kappa shape index (κ1) is 13.6. The molecule has 0 aliphatic heterocycles. The van der Waals surface area contributed by atoms with E-state index in [4.69, 9.17) is 5.73 Å². The summed E-state index contributed by atoms with van der Waals surface area (Å²) >= 11 is 0. The SMILES string of the molecule is CC(N)CCCNC(=O)c1cc(F)ccc1F. The Morgan fingerprint density at radius 3 is 2.82 bits per heavy atom. The Balaban J connectivity index is 2.49. The van der Waals surface area contributed by atoms with Gasteiger partial charge in [-0.1, -0.05) is 0 Å². The van der Waals surface area contributed by atoms with Gasteiger partial charge in [0.25, 0.3) is 5.91 Å². The highest BCUT2D eigenvalue weighted by Crippen LogP contribution is 2.09. The van der Waals surface area contributed by atoms with Gasteiger partial charge in [0.1, 0.15) is 11.6 Å². The molecule has 1 atom stereocenters. The molecular weight excluding hydrogens is 226 g/mol. The van der Waals surface area contributed by atoms with Crippen molar-refractivity contribution in [3.63, 3.8) is 0 Å². The van der Waals surface area contributed by atoms with Crippen molar-refractivity contribution >= 4 is 5.91 Å². The number of nitrogens with one attached hydrogen (secondary N) is 1. The molecule has 3 nitrogen and oxygen atoms in total. The minimum atomic E-state index is -0.726. The van der Waals surface area contributed by atoms with Crippen molar-refractivity contribution in [2.45, 2.75) is 25.8 Å². The van der Waals surface area contributed by atoms with Crippen molar-refractivity contribution in [1.29, 1.82) is 0 Å². The minimum absolute atomic E-state index is 0.0674. The first-order valence-corrected chi connectivity index (χ1v) is 5.49. The van der Waals surface area contributed by atoms with E-state index >= 15 is 0 Å². The van der Waals surface area contributed by atoms with Crippen LogP contribution in [-0.4, -0.2) is 18.5 Å². The van der Waals surface area contributed by atoms with Crippen molar-refractivity contribution in [3.05, 3.63) is 35.4 Å². The third kappa shape index (κ3) is 4.48. The van der Waals surface area contributed by atoms with Gasteiger partial charge in [-0.2, -0.15) is 0 Å². The molecule has 0 radical (unpaired) electrons. The molecule has 1 rings (SSSR count). The van der Waals surface area contributed by atoms with Crippen LogP contribution in [0.5, 0.6) is 0 Å². The van der Waals surface area contributed by atoms with Crippen LogP contribution in [0.4, 0.5) is 8.78 Å². The van der Waals surface area contributed by atoms with Crippen molar-refractivity contribution in [2.24, 2.45) is 5.73 Å². The maximum Gasteiger partial charge on any atom is 0.254 e. The van der Waals surface area contributed by atoms with Crippen molar-refractivity contribution in [3.8, 4) is 0 Å². The summed E-state index contributed by atoms with van der Waals surface area (Å²) < 4.78 is 26.0. The molecule has 0 heterocycles. The summed E-state index contributed by atoms with van der Waals surface area (Å²) in [4.78, 5) is 11.5. The Kier molecular flexibility index (Phi) is 5.03. The van der Waals surface area contributed by atoms with Gasteiger partial charge in [0, 0.05) is 12.6 Å². The molecule has 0 spiro atoms. The van der Waals surface area contributed by atoms with E-state index < -0.39 is 17.5 Å². The average molecular weight is 242 g/mol. The number of nitrogens with two attached hydrogens (primary N) is 1. The zero-order valence-electron chi connectivity index (χ0n) is 9.67. The van der Waals surface area contributed by atoms with E-state index in [0.717, 1.165) is 24.6 Å². The van der Waals surface area contributed by atoms with Crippen molar-refractivity contribution < 1.29 is 13.6 Å². The second-order valence-corrected chi connectivity index (χ2v) is 4.00. The molecule has 0 aliphatic rings. The second kappa shape index (κ2) is 6.30. The summed E-state index contributed by atoms with van der Waals surface area (Å²) in [5.41, 5.74) is 5.27. The third-order valence-corrected chi connectivity index (χ3v) is 2.29. The number of rotatable bonds is 5. The van der Waals surface area contributed by atoms with Gasteiger partial charge in [-0.3, -0.25) is 4.79 Å². The maximum atomic E-state index is 13.2. The zero-order chi connectivity index (χ0) is 12.8. The summed E-state index contributed by atoms with van der Waals surface area (Å²) in [5.74, 6) is -1.96. The van der Waals surface area contributed by atoms with Gasteiger partial charge in [0.15, 0.2) is 0 Å². The number of halogens is 2. The lowest BCUT2D eigenvalue weighted by Crippen LogP contribution is -2.27. The number of benzene rings is 1. The van der Waals surface area contributed by atoms with Gasteiger partial charge in [0.2, 0.25) is 0 Å².